The first-order valence-electron chi connectivity index (χ1n) is 5.78. The summed E-state index contributed by atoms with van der Waals surface area (Å²) in [5, 5.41) is 11.7. The monoisotopic (exact) mass is 308 g/mol. The third-order valence-electron chi connectivity index (χ3n) is 2.74. The van der Waals surface area contributed by atoms with Crippen molar-refractivity contribution in [2.45, 2.75) is 0 Å². The standard InChI is InChI=1S/C14H10ClFN2O3/c15-9-6-7(4-5-8(9)14(20)21)18-11-3-1-2-10(16)12(11)13(17)19/h1-6,18H,(H2,17,19)(H,20,21). The molecule has 0 aliphatic carbocycles. The number of carboxylic acid groups (broad SMARTS) is 1. The second-order valence-corrected chi connectivity index (χ2v) is 4.56. The highest BCUT2D eigenvalue weighted by Gasteiger charge is 2.15. The first-order valence-corrected chi connectivity index (χ1v) is 6.16. The van der Waals surface area contributed by atoms with Crippen LogP contribution in [0.5, 0.6) is 0 Å². The van der Waals surface area contributed by atoms with Crippen LogP contribution in [0.1, 0.15) is 20.7 Å². The van der Waals surface area contributed by atoms with Crippen molar-refractivity contribution in [1.29, 1.82) is 0 Å². The highest BCUT2D eigenvalue weighted by atomic mass is 35.5. The van der Waals surface area contributed by atoms with E-state index in [4.69, 9.17) is 22.4 Å². The lowest BCUT2D eigenvalue weighted by Gasteiger charge is -2.11. The number of hydrogen-bond donors (Lipinski definition) is 3. The van der Waals surface area contributed by atoms with Crippen LogP contribution in [0.4, 0.5) is 15.8 Å². The number of nitrogens with two attached hydrogens (primary N) is 1. The van der Waals surface area contributed by atoms with Gasteiger partial charge in [-0.2, -0.15) is 0 Å². The maximum absolute atomic E-state index is 13.6. The number of carbonyl (C=O) groups is 2. The highest BCUT2D eigenvalue weighted by Crippen LogP contribution is 2.26. The van der Waals surface area contributed by atoms with Gasteiger partial charge in [-0.15, -0.1) is 0 Å². The molecule has 0 fully saturated rings. The molecule has 1 amide bonds. The van der Waals surface area contributed by atoms with E-state index in [9.17, 15) is 14.0 Å². The van der Waals surface area contributed by atoms with Crippen molar-refractivity contribution in [2.75, 3.05) is 5.32 Å². The Bertz CT molecular complexity index is 734. The van der Waals surface area contributed by atoms with Crippen LogP contribution in [0.3, 0.4) is 0 Å². The molecule has 2 rings (SSSR count). The number of halogens is 2. The third kappa shape index (κ3) is 3.11. The number of anilines is 2. The molecule has 7 heteroatoms. The van der Waals surface area contributed by atoms with Crippen LogP contribution in [-0.4, -0.2) is 17.0 Å². The minimum absolute atomic E-state index is 0.0181. The Morgan fingerprint density at radius 1 is 1.24 bits per heavy atom. The van der Waals surface area contributed by atoms with Crippen molar-refractivity contribution >= 4 is 34.9 Å². The van der Waals surface area contributed by atoms with Crippen molar-refractivity contribution in [3.8, 4) is 0 Å². The second kappa shape index (κ2) is 5.80. The van der Waals surface area contributed by atoms with E-state index in [2.05, 4.69) is 5.32 Å². The molecular weight excluding hydrogens is 299 g/mol. The normalized spacial score (nSPS) is 10.2. The molecule has 0 saturated heterocycles. The summed E-state index contributed by atoms with van der Waals surface area (Å²) in [4.78, 5) is 22.1. The summed E-state index contributed by atoms with van der Waals surface area (Å²) in [7, 11) is 0. The number of benzene rings is 2. The molecule has 21 heavy (non-hydrogen) atoms. The van der Waals surface area contributed by atoms with Gasteiger partial charge in [-0.3, -0.25) is 4.79 Å². The van der Waals surface area contributed by atoms with Crippen LogP contribution in [0.25, 0.3) is 0 Å². The largest absolute Gasteiger partial charge is 0.478 e. The molecule has 0 heterocycles. The molecule has 2 aromatic carbocycles. The van der Waals surface area contributed by atoms with E-state index >= 15 is 0 Å². The van der Waals surface area contributed by atoms with Gasteiger partial charge in [-0.05, 0) is 30.3 Å². The fourth-order valence-corrected chi connectivity index (χ4v) is 2.06. The van der Waals surface area contributed by atoms with Gasteiger partial charge in [0.05, 0.1) is 21.8 Å². The summed E-state index contributed by atoms with van der Waals surface area (Å²) >= 11 is 5.84. The van der Waals surface area contributed by atoms with Gasteiger partial charge < -0.3 is 16.2 Å². The Balaban J connectivity index is 2.39. The van der Waals surface area contributed by atoms with E-state index in [1.54, 1.807) is 0 Å². The molecule has 4 N–H and O–H groups in total. The molecule has 5 nitrogen and oxygen atoms in total. The van der Waals surface area contributed by atoms with Crippen LogP contribution in [0.2, 0.25) is 5.02 Å². The smallest absolute Gasteiger partial charge is 0.337 e. The minimum atomic E-state index is -1.16. The molecular formula is C14H10ClFN2O3. The molecule has 2 aromatic rings. The van der Waals surface area contributed by atoms with Gasteiger partial charge in [0.15, 0.2) is 0 Å². The zero-order valence-corrected chi connectivity index (χ0v) is 11.3. The van der Waals surface area contributed by atoms with E-state index in [-0.39, 0.29) is 21.8 Å². The third-order valence-corrected chi connectivity index (χ3v) is 3.05. The predicted octanol–water partition coefficient (Wildman–Crippen LogP) is 3.02. The van der Waals surface area contributed by atoms with Gasteiger partial charge in [0.25, 0.3) is 5.91 Å². The fourth-order valence-electron chi connectivity index (χ4n) is 1.80. The van der Waals surface area contributed by atoms with Crippen molar-refractivity contribution in [1.82, 2.24) is 0 Å². The molecule has 108 valence electrons. The van der Waals surface area contributed by atoms with Gasteiger partial charge >= 0.3 is 5.97 Å². The first-order chi connectivity index (χ1) is 9.90. The Morgan fingerprint density at radius 2 is 1.95 bits per heavy atom. The lowest BCUT2D eigenvalue weighted by Crippen LogP contribution is -2.15. The molecule has 0 aromatic heterocycles. The number of carboxylic acids is 1. The number of aromatic carboxylic acids is 1. The van der Waals surface area contributed by atoms with Crippen molar-refractivity contribution in [3.05, 3.63) is 58.4 Å². The number of amides is 1. The summed E-state index contributed by atoms with van der Waals surface area (Å²) in [6.07, 6.45) is 0. The molecule has 0 aliphatic rings. The average molecular weight is 309 g/mol. The summed E-state index contributed by atoms with van der Waals surface area (Å²) in [5.41, 5.74) is 5.37. The molecule has 0 atom stereocenters. The minimum Gasteiger partial charge on any atom is -0.478 e. The number of primary amides is 1. The van der Waals surface area contributed by atoms with Crippen molar-refractivity contribution in [3.63, 3.8) is 0 Å². The van der Waals surface area contributed by atoms with E-state index in [1.807, 2.05) is 0 Å². The van der Waals surface area contributed by atoms with Gasteiger partial charge in [0.1, 0.15) is 5.82 Å². The lowest BCUT2D eigenvalue weighted by molar-refractivity contribution is 0.0697. The number of carbonyl (C=O) groups excluding carboxylic acids is 1. The maximum atomic E-state index is 13.6. The van der Waals surface area contributed by atoms with Crippen LogP contribution >= 0.6 is 11.6 Å². The van der Waals surface area contributed by atoms with E-state index in [0.717, 1.165) is 6.07 Å². The lowest BCUT2D eigenvalue weighted by atomic mass is 10.1. The zero-order chi connectivity index (χ0) is 15.6. The molecule has 0 spiro atoms. The van der Waals surface area contributed by atoms with E-state index in [1.165, 1.54) is 30.3 Å². The SMILES string of the molecule is NC(=O)c1c(F)cccc1Nc1ccc(C(=O)O)c(Cl)c1. The number of rotatable bonds is 4. The number of nitrogens with one attached hydrogen (secondary N) is 1. The zero-order valence-electron chi connectivity index (χ0n) is 10.6. The topological polar surface area (TPSA) is 92.4 Å². The quantitative estimate of drug-likeness (QED) is 0.809. The van der Waals surface area contributed by atoms with Gasteiger partial charge in [-0.25, -0.2) is 9.18 Å². The van der Waals surface area contributed by atoms with Gasteiger partial charge in [0, 0.05) is 5.69 Å². The van der Waals surface area contributed by atoms with Crippen LogP contribution < -0.4 is 11.1 Å². The Labute approximate surface area is 124 Å². The number of hydrogen-bond acceptors (Lipinski definition) is 3. The Kier molecular flexibility index (Phi) is 4.09. The second-order valence-electron chi connectivity index (χ2n) is 4.15. The fraction of sp³-hybridized carbons (Fsp3) is 0. The Hall–Kier alpha value is -2.60. The van der Waals surface area contributed by atoms with Crippen LogP contribution in [0.15, 0.2) is 36.4 Å². The molecule has 0 radical (unpaired) electrons. The van der Waals surface area contributed by atoms with Crippen LogP contribution in [0, 0.1) is 5.82 Å². The summed E-state index contributed by atoms with van der Waals surface area (Å²) in [5.74, 6) is -2.82. The summed E-state index contributed by atoms with van der Waals surface area (Å²) in [6.45, 7) is 0. The average Bonchev–Trinajstić information content (AvgIpc) is 2.37. The maximum Gasteiger partial charge on any atom is 0.337 e. The molecule has 0 aliphatic heterocycles. The molecule has 0 bridgehead atoms. The highest BCUT2D eigenvalue weighted by molar-refractivity contribution is 6.33. The first kappa shape index (κ1) is 14.8. The van der Waals surface area contributed by atoms with Gasteiger partial charge in [0.2, 0.25) is 0 Å². The predicted molar refractivity (Wildman–Crippen MR) is 76.6 cm³/mol. The van der Waals surface area contributed by atoms with Crippen molar-refractivity contribution in [2.24, 2.45) is 5.73 Å². The van der Waals surface area contributed by atoms with Crippen molar-refractivity contribution < 1.29 is 19.1 Å². The van der Waals surface area contributed by atoms with Crippen LogP contribution in [-0.2, 0) is 0 Å². The molecule has 0 unspecified atom stereocenters. The summed E-state index contributed by atoms with van der Waals surface area (Å²) in [6, 6.07) is 8.12. The van der Waals surface area contributed by atoms with Gasteiger partial charge in [-0.1, -0.05) is 17.7 Å². The Morgan fingerprint density at radius 3 is 2.52 bits per heavy atom. The summed E-state index contributed by atoms with van der Waals surface area (Å²) < 4.78 is 13.6. The van der Waals surface area contributed by atoms with E-state index < -0.39 is 17.7 Å². The van der Waals surface area contributed by atoms with E-state index in [0.29, 0.717) is 5.69 Å². The molecule has 0 saturated carbocycles.